The summed E-state index contributed by atoms with van der Waals surface area (Å²) in [7, 11) is 0. The molecule has 1 spiro atoms. The predicted octanol–water partition coefficient (Wildman–Crippen LogP) is 2.07. The number of H-pyrrole nitrogens is 1. The van der Waals surface area contributed by atoms with Crippen molar-refractivity contribution in [2.75, 3.05) is 18.8 Å². The zero-order chi connectivity index (χ0) is 19.9. The molecule has 3 N–H and O–H groups in total. The molecule has 1 fully saturated rings. The van der Waals surface area contributed by atoms with Crippen molar-refractivity contribution in [1.82, 2.24) is 14.9 Å². The van der Waals surface area contributed by atoms with Gasteiger partial charge in [-0.1, -0.05) is 0 Å². The van der Waals surface area contributed by atoms with Crippen molar-refractivity contribution >= 4 is 11.9 Å². The minimum atomic E-state index is -2.90. The number of nitrogen functional groups attached to an aromatic ring is 1. The van der Waals surface area contributed by atoms with Crippen LogP contribution in [0, 0.1) is 0 Å². The predicted molar refractivity (Wildman–Crippen MR) is 97.5 cm³/mol. The van der Waals surface area contributed by atoms with E-state index in [0.29, 0.717) is 43.5 Å². The molecule has 0 unspecified atom stereocenters. The maximum Gasteiger partial charge on any atom is 0.387 e. The normalized spacial score (nSPS) is 17.8. The number of hydrogen-bond acceptors (Lipinski definition) is 5. The molecule has 1 aliphatic carbocycles. The van der Waals surface area contributed by atoms with Gasteiger partial charge < -0.3 is 15.4 Å². The van der Waals surface area contributed by atoms with Crippen molar-refractivity contribution in [3.63, 3.8) is 0 Å². The summed E-state index contributed by atoms with van der Waals surface area (Å²) in [6, 6.07) is 5.68. The first-order valence-electron chi connectivity index (χ1n) is 9.11. The van der Waals surface area contributed by atoms with E-state index in [1.807, 2.05) is 0 Å². The SMILES string of the molecule is Nc1nc2c(c(=O)[nH]1)CCC21CCN(C(=O)c2ccc(OC(F)F)cc2)CC1. The van der Waals surface area contributed by atoms with Crippen molar-refractivity contribution < 1.29 is 18.3 Å². The third kappa shape index (κ3) is 3.21. The average molecular weight is 390 g/mol. The van der Waals surface area contributed by atoms with E-state index in [0.717, 1.165) is 12.1 Å². The zero-order valence-electron chi connectivity index (χ0n) is 15.1. The highest BCUT2D eigenvalue weighted by Crippen LogP contribution is 2.44. The van der Waals surface area contributed by atoms with Crippen molar-refractivity contribution in [2.24, 2.45) is 0 Å². The van der Waals surface area contributed by atoms with Crippen LogP contribution in [0.2, 0.25) is 0 Å². The molecule has 1 saturated heterocycles. The zero-order valence-corrected chi connectivity index (χ0v) is 15.1. The van der Waals surface area contributed by atoms with Crippen LogP contribution in [0.4, 0.5) is 14.7 Å². The molecule has 0 atom stereocenters. The molecule has 0 bridgehead atoms. The number of halogens is 2. The number of ether oxygens (including phenoxy) is 1. The molecule has 1 aromatic heterocycles. The van der Waals surface area contributed by atoms with Crippen LogP contribution in [0.25, 0.3) is 0 Å². The Morgan fingerprint density at radius 2 is 1.89 bits per heavy atom. The highest BCUT2D eigenvalue weighted by atomic mass is 19.3. The number of benzene rings is 1. The van der Waals surface area contributed by atoms with E-state index in [2.05, 4.69) is 14.7 Å². The van der Waals surface area contributed by atoms with E-state index in [1.165, 1.54) is 24.3 Å². The van der Waals surface area contributed by atoms with Gasteiger partial charge in [-0.15, -0.1) is 0 Å². The summed E-state index contributed by atoms with van der Waals surface area (Å²) >= 11 is 0. The van der Waals surface area contributed by atoms with Crippen molar-refractivity contribution in [3.8, 4) is 5.75 Å². The number of likely N-dealkylation sites (tertiary alicyclic amines) is 1. The molecule has 0 saturated carbocycles. The molecule has 4 rings (SSSR count). The van der Waals surface area contributed by atoms with Gasteiger partial charge in [0.05, 0.1) is 5.69 Å². The fourth-order valence-electron chi connectivity index (χ4n) is 4.25. The number of nitrogens with two attached hydrogens (primary N) is 1. The van der Waals surface area contributed by atoms with Crippen LogP contribution in [0.3, 0.4) is 0 Å². The summed E-state index contributed by atoms with van der Waals surface area (Å²) in [5.41, 5.74) is 7.22. The van der Waals surface area contributed by atoms with Gasteiger partial charge in [0.2, 0.25) is 5.95 Å². The first-order chi connectivity index (χ1) is 13.4. The fraction of sp³-hybridized carbons (Fsp3) is 0.421. The third-order valence-electron chi connectivity index (χ3n) is 5.72. The van der Waals surface area contributed by atoms with E-state index < -0.39 is 6.61 Å². The van der Waals surface area contributed by atoms with Crippen LogP contribution in [-0.2, 0) is 11.8 Å². The van der Waals surface area contributed by atoms with Crippen LogP contribution in [0.5, 0.6) is 5.75 Å². The smallest absolute Gasteiger partial charge is 0.387 e. The second-order valence-electron chi connectivity index (χ2n) is 7.25. The molecule has 2 aromatic rings. The second-order valence-corrected chi connectivity index (χ2v) is 7.25. The molecule has 148 valence electrons. The lowest BCUT2D eigenvalue weighted by atomic mass is 9.76. The molecule has 1 amide bonds. The Bertz CT molecular complexity index is 951. The van der Waals surface area contributed by atoms with Crippen molar-refractivity contribution in [1.29, 1.82) is 0 Å². The summed E-state index contributed by atoms with van der Waals surface area (Å²) in [6.45, 7) is -1.84. The minimum Gasteiger partial charge on any atom is -0.435 e. The number of piperidine rings is 1. The van der Waals surface area contributed by atoms with Gasteiger partial charge in [0.1, 0.15) is 5.75 Å². The number of fused-ring (bicyclic) bond motifs is 2. The second kappa shape index (κ2) is 6.88. The summed E-state index contributed by atoms with van der Waals surface area (Å²) in [5.74, 6) is -0.0229. The van der Waals surface area contributed by atoms with Crippen LogP contribution in [-0.4, -0.2) is 40.5 Å². The van der Waals surface area contributed by atoms with Gasteiger partial charge in [0.15, 0.2) is 0 Å². The minimum absolute atomic E-state index is 0.0144. The summed E-state index contributed by atoms with van der Waals surface area (Å²) in [5, 5.41) is 0. The van der Waals surface area contributed by atoms with Crippen LogP contribution >= 0.6 is 0 Å². The van der Waals surface area contributed by atoms with E-state index >= 15 is 0 Å². The van der Waals surface area contributed by atoms with E-state index in [9.17, 15) is 18.4 Å². The number of hydrogen-bond donors (Lipinski definition) is 2. The number of aromatic amines is 1. The Morgan fingerprint density at radius 3 is 2.54 bits per heavy atom. The highest BCUT2D eigenvalue weighted by molar-refractivity contribution is 5.94. The fourth-order valence-corrected chi connectivity index (χ4v) is 4.25. The number of carbonyl (C=O) groups is 1. The highest BCUT2D eigenvalue weighted by Gasteiger charge is 2.44. The quantitative estimate of drug-likeness (QED) is 0.836. The molecular formula is C19H20F2N4O3. The molecule has 9 heteroatoms. The molecule has 0 radical (unpaired) electrons. The van der Waals surface area contributed by atoms with E-state index in [-0.39, 0.29) is 28.6 Å². The van der Waals surface area contributed by atoms with Gasteiger partial charge in [-0.05, 0) is 49.9 Å². The van der Waals surface area contributed by atoms with Crippen LogP contribution in [0.15, 0.2) is 29.1 Å². The monoisotopic (exact) mass is 390 g/mol. The van der Waals surface area contributed by atoms with Gasteiger partial charge in [-0.2, -0.15) is 8.78 Å². The Balaban J connectivity index is 1.47. The van der Waals surface area contributed by atoms with Crippen molar-refractivity contribution in [2.45, 2.75) is 37.7 Å². The average Bonchev–Trinajstić information content (AvgIpc) is 3.00. The molecule has 1 aliphatic heterocycles. The van der Waals surface area contributed by atoms with Gasteiger partial charge in [-0.25, -0.2) is 4.98 Å². The number of anilines is 1. The molecule has 2 heterocycles. The van der Waals surface area contributed by atoms with Gasteiger partial charge >= 0.3 is 6.61 Å². The number of amides is 1. The third-order valence-corrected chi connectivity index (χ3v) is 5.72. The summed E-state index contributed by atoms with van der Waals surface area (Å²) < 4.78 is 28.8. The maximum atomic E-state index is 12.7. The van der Waals surface area contributed by atoms with Crippen molar-refractivity contribution in [3.05, 3.63) is 51.4 Å². The lowest BCUT2D eigenvalue weighted by Gasteiger charge is -2.39. The van der Waals surface area contributed by atoms with Crippen LogP contribution in [0.1, 0.15) is 40.9 Å². The topological polar surface area (TPSA) is 101 Å². The van der Waals surface area contributed by atoms with E-state index in [4.69, 9.17) is 5.73 Å². The summed E-state index contributed by atoms with van der Waals surface area (Å²) in [6.07, 6.45) is 2.89. The standard InChI is InChI=1S/C19H20F2N4O3/c20-17(21)28-12-3-1-11(2-4-12)16(27)25-9-7-19(8-10-25)6-5-13-14(19)23-18(22)24-15(13)26/h1-4,17H,5-10H2,(H3,22,23,24,26). The first-order valence-corrected chi connectivity index (χ1v) is 9.11. The number of rotatable bonds is 3. The molecule has 1 aromatic carbocycles. The largest absolute Gasteiger partial charge is 0.435 e. The van der Waals surface area contributed by atoms with Gasteiger partial charge in [0, 0.05) is 29.6 Å². The van der Waals surface area contributed by atoms with Gasteiger partial charge in [0.25, 0.3) is 11.5 Å². The number of alkyl halides is 2. The molecular weight excluding hydrogens is 370 g/mol. The Hall–Kier alpha value is -2.97. The Labute approximate surface area is 159 Å². The lowest BCUT2D eigenvalue weighted by molar-refractivity contribution is -0.0498. The van der Waals surface area contributed by atoms with E-state index in [1.54, 1.807) is 4.90 Å². The number of nitrogens with one attached hydrogen (secondary N) is 1. The molecule has 7 nitrogen and oxygen atoms in total. The molecule has 2 aliphatic rings. The first kappa shape index (κ1) is 18.4. The number of nitrogens with zero attached hydrogens (tertiary/aromatic N) is 2. The lowest BCUT2D eigenvalue weighted by Crippen LogP contribution is -2.44. The number of aromatic nitrogens is 2. The Morgan fingerprint density at radius 1 is 1.21 bits per heavy atom. The Kier molecular flexibility index (Phi) is 4.52. The number of carbonyl (C=O) groups excluding carboxylic acids is 1. The molecule has 28 heavy (non-hydrogen) atoms. The van der Waals surface area contributed by atoms with Gasteiger partial charge in [-0.3, -0.25) is 14.6 Å². The summed E-state index contributed by atoms with van der Waals surface area (Å²) in [4.78, 5) is 33.5. The van der Waals surface area contributed by atoms with Crippen LogP contribution < -0.4 is 16.0 Å². The maximum absolute atomic E-state index is 12.7.